The number of hydrogen-bond acceptors (Lipinski definition) is 4. The molecule has 0 amide bonds. The highest BCUT2D eigenvalue weighted by atomic mass is 32.2. The smallest absolute Gasteiger partial charge is 0.337 e. The van der Waals surface area contributed by atoms with Crippen molar-refractivity contribution >= 4 is 29.1 Å². The lowest BCUT2D eigenvalue weighted by Gasteiger charge is -2.21. The largest absolute Gasteiger partial charge is 0.478 e. The van der Waals surface area contributed by atoms with E-state index in [0.29, 0.717) is 17.0 Å². The third-order valence-electron chi connectivity index (χ3n) is 3.47. The number of aromatic carboxylic acids is 1. The number of thioether (sulfide) groups is 1. The van der Waals surface area contributed by atoms with E-state index in [1.807, 2.05) is 11.8 Å². The molecule has 0 aliphatic heterocycles. The molecule has 2 rings (SSSR count). The van der Waals surface area contributed by atoms with Gasteiger partial charge in [-0.05, 0) is 36.8 Å². The van der Waals surface area contributed by atoms with Crippen molar-refractivity contribution in [1.29, 1.82) is 0 Å². The lowest BCUT2D eigenvalue weighted by atomic mass is 10.1. The number of carboxylic acids is 1. The average Bonchev–Trinajstić information content (AvgIpc) is 2.77. The van der Waals surface area contributed by atoms with Crippen LogP contribution in [0.15, 0.2) is 18.2 Å². The highest BCUT2D eigenvalue weighted by Crippen LogP contribution is 2.32. The van der Waals surface area contributed by atoms with E-state index in [1.165, 1.54) is 12.8 Å². The number of carbonyl (C=O) groups is 1. The predicted molar refractivity (Wildman–Crippen MR) is 81.0 cm³/mol. The van der Waals surface area contributed by atoms with Gasteiger partial charge in [0.05, 0.1) is 5.56 Å². The quantitative estimate of drug-likeness (QED) is 0.723. The van der Waals surface area contributed by atoms with Gasteiger partial charge in [-0.3, -0.25) is 0 Å². The number of benzene rings is 1. The molecule has 1 saturated carbocycles. The summed E-state index contributed by atoms with van der Waals surface area (Å²) in [6.45, 7) is 2.18. The first-order chi connectivity index (χ1) is 9.11. The molecular weight excluding hydrogens is 260 g/mol. The number of hydrogen-bond donors (Lipinski definition) is 3. The molecule has 1 aliphatic rings. The van der Waals surface area contributed by atoms with Crippen molar-refractivity contribution in [1.82, 2.24) is 0 Å². The normalized spacial score (nSPS) is 22.4. The van der Waals surface area contributed by atoms with Crippen molar-refractivity contribution < 1.29 is 9.90 Å². The Labute approximate surface area is 117 Å². The number of nitrogens with two attached hydrogens (primary N) is 1. The van der Waals surface area contributed by atoms with Crippen molar-refractivity contribution in [2.45, 2.75) is 37.5 Å². The molecule has 0 spiro atoms. The van der Waals surface area contributed by atoms with Crippen LogP contribution in [0.5, 0.6) is 0 Å². The first-order valence-corrected chi connectivity index (χ1v) is 7.67. The van der Waals surface area contributed by atoms with Gasteiger partial charge >= 0.3 is 5.97 Å². The molecule has 2 atom stereocenters. The summed E-state index contributed by atoms with van der Waals surface area (Å²) in [6.07, 6.45) is 3.66. The van der Waals surface area contributed by atoms with Crippen LogP contribution in [-0.2, 0) is 0 Å². The minimum Gasteiger partial charge on any atom is -0.478 e. The van der Waals surface area contributed by atoms with Crippen molar-refractivity contribution in [3.63, 3.8) is 0 Å². The van der Waals surface area contributed by atoms with Crippen molar-refractivity contribution in [3.8, 4) is 0 Å². The zero-order valence-electron chi connectivity index (χ0n) is 11.1. The zero-order valence-corrected chi connectivity index (χ0v) is 11.9. The highest BCUT2D eigenvalue weighted by molar-refractivity contribution is 7.99. The second kappa shape index (κ2) is 6.19. The van der Waals surface area contributed by atoms with E-state index < -0.39 is 5.97 Å². The Kier molecular flexibility index (Phi) is 4.58. The first-order valence-electron chi connectivity index (χ1n) is 6.62. The molecule has 1 aromatic rings. The molecule has 1 fully saturated rings. The van der Waals surface area contributed by atoms with E-state index in [-0.39, 0.29) is 5.56 Å². The van der Waals surface area contributed by atoms with E-state index in [4.69, 9.17) is 10.8 Å². The third kappa shape index (κ3) is 3.35. The zero-order chi connectivity index (χ0) is 13.8. The fourth-order valence-electron chi connectivity index (χ4n) is 2.57. The van der Waals surface area contributed by atoms with Gasteiger partial charge in [0, 0.05) is 22.7 Å². The molecular formula is C14H20N2O2S. The topological polar surface area (TPSA) is 75.3 Å². The Hall–Kier alpha value is -1.36. The summed E-state index contributed by atoms with van der Waals surface area (Å²) in [5.74, 6) is 0.146. The molecule has 104 valence electrons. The minimum atomic E-state index is -0.982. The number of carboxylic acid groups (broad SMARTS) is 1. The van der Waals surface area contributed by atoms with Crippen LogP contribution in [0.3, 0.4) is 0 Å². The summed E-state index contributed by atoms with van der Waals surface area (Å²) < 4.78 is 0. The summed E-state index contributed by atoms with van der Waals surface area (Å²) in [7, 11) is 0. The molecule has 0 radical (unpaired) electrons. The number of nitrogens with one attached hydrogen (secondary N) is 1. The number of anilines is 2. The Morgan fingerprint density at radius 2 is 2.32 bits per heavy atom. The second-order valence-electron chi connectivity index (χ2n) is 4.78. The SMILES string of the molecule is CCSC1CCCC1Nc1ccc(C(=O)O)c(N)c1. The van der Waals surface area contributed by atoms with Gasteiger partial charge in [-0.15, -0.1) is 0 Å². The molecule has 0 saturated heterocycles. The average molecular weight is 280 g/mol. The van der Waals surface area contributed by atoms with Gasteiger partial charge in [-0.1, -0.05) is 13.3 Å². The molecule has 5 heteroatoms. The fourth-order valence-corrected chi connectivity index (χ4v) is 3.76. The number of nitrogen functional groups attached to an aromatic ring is 1. The van der Waals surface area contributed by atoms with Gasteiger partial charge in [0.25, 0.3) is 0 Å². The molecule has 4 nitrogen and oxygen atoms in total. The van der Waals surface area contributed by atoms with Crippen LogP contribution in [0.4, 0.5) is 11.4 Å². The Morgan fingerprint density at radius 3 is 2.95 bits per heavy atom. The molecule has 2 unspecified atom stereocenters. The summed E-state index contributed by atoms with van der Waals surface area (Å²) in [5.41, 5.74) is 7.16. The second-order valence-corrected chi connectivity index (χ2v) is 6.30. The maximum Gasteiger partial charge on any atom is 0.337 e. The van der Waals surface area contributed by atoms with Crippen molar-refractivity contribution in [2.75, 3.05) is 16.8 Å². The Morgan fingerprint density at radius 1 is 1.53 bits per heavy atom. The molecule has 0 heterocycles. The molecule has 0 bridgehead atoms. The standard InChI is InChI=1S/C14H20N2O2S/c1-2-19-13-5-3-4-12(13)16-9-6-7-10(14(17)18)11(15)8-9/h6-8,12-13,16H,2-5,15H2,1H3,(H,17,18). The van der Waals surface area contributed by atoms with Crippen molar-refractivity contribution in [3.05, 3.63) is 23.8 Å². The minimum absolute atomic E-state index is 0.163. The van der Waals surface area contributed by atoms with Crippen LogP contribution >= 0.6 is 11.8 Å². The van der Waals surface area contributed by atoms with Crippen LogP contribution in [-0.4, -0.2) is 28.1 Å². The molecule has 4 N–H and O–H groups in total. The first kappa shape index (κ1) is 14.1. The van der Waals surface area contributed by atoms with Crippen LogP contribution in [0.25, 0.3) is 0 Å². The van der Waals surface area contributed by atoms with Crippen LogP contribution in [0.1, 0.15) is 36.5 Å². The number of rotatable bonds is 5. The van der Waals surface area contributed by atoms with Gasteiger partial charge in [-0.2, -0.15) is 11.8 Å². The van der Waals surface area contributed by atoms with Crippen LogP contribution in [0.2, 0.25) is 0 Å². The van der Waals surface area contributed by atoms with Crippen LogP contribution in [0, 0.1) is 0 Å². The van der Waals surface area contributed by atoms with E-state index in [0.717, 1.165) is 17.9 Å². The maximum absolute atomic E-state index is 10.9. The maximum atomic E-state index is 10.9. The van der Waals surface area contributed by atoms with Gasteiger partial charge in [0.15, 0.2) is 0 Å². The summed E-state index contributed by atoms with van der Waals surface area (Å²) in [4.78, 5) is 10.9. The molecule has 1 aliphatic carbocycles. The lowest BCUT2D eigenvalue weighted by Crippen LogP contribution is -2.26. The molecule has 1 aromatic carbocycles. The third-order valence-corrected chi connectivity index (χ3v) is 4.79. The van der Waals surface area contributed by atoms with E-state index in [1.54, 1.807) is 18.2 Å². The van der Waals surface area contributed by atoms with Gasteiger partial charge < -0.3 is 16.2 Å². The fraction of sp³-hybridized carbons (Fsp3) is 0.500. The lowest BCUT2D eigenvalue weighted by molar-refractivity contribution is 0.0698. The summed E-state index contributed by atoms with van der Waals surface area (Å²) in [6, 6.07) is 5.54. The Bertz CT molecular complexity index is 465. The van der Waals surface area contributed by atoms with Gasteiger partial charge in [-0.25, -0.2) is 4.79 Å². The Balaban J connectivity index is 2.07. The molecule has 0 aromatic heterocycles. The monoisotopic (exact) mass is 280 g/mol. The summed E-state index contributed by atoms with van der Waals surface area (Å²) in [5, 5.41) is 13.1. The predicted octanol–water partition coefficient (Wildman–Crippen LogP) is 3.05. The van der Waals surface area contributed by atoms with E-state index in [9.17, 15) is 4.79 Å². The van der Waals surface area contributed by atoms with Gasteiger partial charge in [0.2, 0.25) is 0 Å². The van der Waals surface area contributed by atoms with Crippen molar-refractivity contribution in [2.24, 2.45) is 0 Å². The van der Waals surface area contributed by atoms with E-state index >= 15 is 0 Å². The van der Waals surface area contributed by atoms with Gasteiger partial charge in [0.1, 0.15) is 0 Å². The van der Waals surface area contributed by atoms with E-state index in [2.05, 4.69) is 12.2 Å². The highest BCUT2D eigenvalue weighted by Gasteiger charge is 2.27. The summed E-state index contributed by atoms with van der Waals surface area (Å²) >= 11 is 1.99. The van der Waals surface area contributed by atoms with Crippen LogP contribution < -0.4 is 11.1 Å². The molecule has 19 heavy (non-hydrogen) atoms.